The molecule has 2 rings (SSSR count). The predicted molar refractivity (Wildman–Crippen MR) is 85.3 cm³/mol. The van der Waals surface area contributed by atoms with Gasteiger partial charge in [0.2, 0.25) is 5.91 Å². The third-order valence-corrected chi connectivity index (χ3v) is 3.77. The highest BCUT2D eigenvalue weighted by Gasteiger charge is 2.21. The molecule has 0 aromatic heterocycles. The lowest BCUT2D eigenvalue weighted by Gasteiger charge is -2.35. The van der Waals surface area contributed by atoms with Gasteiger partial charge >= 0.3 is 0 Å². The van der Waals surface area contributed by atoms with Crippen molar-refractivity contribution in [2.24, 2.45) is 0 Å². The molecule has 0 saturated carbocycles. The number of carbonyl (C=O) groups excluding carboxylic acids is 1. The highest BCUT2D eigenvalue weighted by atomic mass is 16.5. The summed E-state index contributed by atoms with van der Waals surface area (Å²) in [5.41, 5.74) is 2.29. The Morgan fingerprint density at radius 2 is 1.82 bits per heavy atom. The summed E-state index contributed by atoms with van der Waals surface area (Å²) in [7, 11) is 0. The average Bonchev–Trinajstić information content (AvgIpc) is 2.45. The van der Waals surface area contributed by atoms with Crippen LogP contribution in [-0.4, -0.2) is 47.3 Å². The van der Waals surface area contributed by atoms with Crippen LogP contribution < -0.4 is 5.32 Å². The van der Waals surface area contributed by atoms with E-state index in [1.54, 1.807) is 0 Å². The third kappa shape index (κ3) is 5.09. The lowest BCUT2D eigenvalue weighted by Crippen LogP contribution is -2.44. The number of benzene rings is 1. The number of nitrogens with zero attached hydrogens (tertiary/aromatic N) is 1. The lowest BCUT2D eigenvalue weighted by molar-refractivity contribution is -0.128. The summed E-state index contributed by atoms with van der Waals surface area (Å²) in [6.45, 7) is 8.94. The first-order chi connectivity index (χ1) is 10.4. The molecule has 0 bridgehead atoms. The molecule has 22 heavy (non-hydrogen) atoms. The summed E-state index contributed by atoms with van der Waals surface area (Å²) in [6.07, 6.45) is -0.415. The molecule has 1 aromatic carbocycles. The van der Waals surface area contributed by atoms with Gasteiger partial charge in [-0.15, -0.1) is 0 Å². The zero-order valence-electron chi connectivity index (χ0n) is 13.6. The highest BCUT2D eigenvalue weighted by Crippen LogP contribution is 2.14. The van der Waals surface area contributed by atoms with Crippen molar-refractivity contribution in [2.45, 2.75) is 52.2 Å². The van der Waals surface area contributed by atoms with Crippen molar-refractivity contribution in [1.29, 1.82) is 0 Å². The minimum atomic E-state index is -0.968. The number of hydrogen-bond donors (Lipinski definition) is 2. The quantitative estimate of drug-likeness (QED) is 0.860. The van der Waals surface area contributed by atoms with Gasteiger partial charge in [-0.1, -0.05) is 24.3 Å². The van der Waals surface area contributed by atoms with Crippen LogP contribution in [0.5, 0.6) is 0 Å². The SMILES string of the molecule is CC1CN(Cc2ccc(CNC(=O)C(C)O)cc2)CC(C)O1. The smallest absolute Gasteiger partial charge is 0.248 e. The summed E-state index contributed by atoms with van der Waals surface area (Å²) < 4.78 is 5.74. The Labute approximate surface area is 132 Å². The molecule has 1 aromatic rings. The molecule has 1 saturated heterocycles. The highest BCUT2D eigenvalue weighted by molar-refractivity contribution is 5.79. The minimum absolute atomic E-state index is 0.277. The standard InChI is InChI=1S/C17H26N2O3/c1-12-9-19(10-13(2)22-12)11-16-6-4-15(5-7-16)8-18-17(21)14(3)20/h4-7,12-14,20H,8-11H2,1-3H3,(H,18,21). The Balaban J connectivity index is 1.85. The van der Waals surface area contributed by atoms with Gasteiger partial charge in [-0.25, -0.2) is 0 Å². The van der Waals surface area contributed by atoms with E-state index in [0.29, 0.717) is 6.54 Å². The first-order valence-corrected chi connectivity index (χ1v) is 7.85. The molecule has 1 heterocycles. The molecule has 122 valence electrons. The van der Waals surface area contributed by atoms with Gasteiger partial charge in [0, 0.05) is 26.2 Å². The maximum absolute atomic E-state index is 11.3. The molecule has 1 aliphatic rings. The lowest BCUT2D eigenvalue weighted by atomic mass is 10.1. The van der Waals surface area contributed by atoms with Crippen LogP contribution >= 0.6 is 0 Å². The van der Waals surface area contributed by atoms with Gasteiger partial charge in [-0.05, 0) is 31.9 Å². The van der Waals surface area contributed by atoms with Crippen LogP contribution in [-0.2, 0) is 22.6 Å². The molecule has 3 atom stereocenters. The maximum atomic E-state index is 11.3. The second kappa shape index (κ2) is 7.72. The number of hydrogen-bond acceptors (Lipinski definition) is 4. The molecule has 0 spiro atoms. The van der Waals surface area contributed by atoms with Gasteiger partial charge in [-0.2, -0.15) is 0 Å². The second-order valence-electron chi connectivity index (χ2n) is 6.16. The predicted octanol–water partition coefficient (Wildman–Crippen LogP) is 1.29. The molecule has 3 unspecified atom stereocenters. The van der Waals surface area contributed by atoms with E-state index in [1.165, 1.54) is 12.5 Å². The van der Waals surface area contributed by atoms with Crippen LogP contribution in [0, 0.1) is 0 Å². The van der Waals surface area contributed by atoms with E-state index in [-0.39, 0.29) is 18.1 Å². The molecule has 1 aliphatic heterocycles. The van der Waals surface area contributed by atoms with Gasteiger partial charge in [-0.3, -0.25) is 9.69 Å². The minimum Gasteiger partial charge on any atom is -0.384 e. The fourth-order valence-electron chi connectivity index (χ4n) is 2.77. The number of morpholine rings is 1. The molecule has 2 N–H and O–H groups in total. The summed E-state index contributed by atoms with van der Waals surface area (Å²) in [5.74, 6) is -0.347. The second-order valence-corrected chi connectivity index (χ2v) is 6.16. The number of aliphatic hydroxyl groups excluding tert-OH is 1. The van der Waals surface area contributed by atoms with Crippen LogP contribution in [0.2, 0.25) is 0 Å². The largest absolute Gasteiger partial charge is 0.384 e. The van der Waals surface area contributed by atoms with Gasteiger partial charge in [0.1, 0.15) is 6.10 Å². The fourth-order valence-corrected chi connectivity index (χ4v) is 2.77. The van der Waals surface area contributed by atoms with Crippen molar-refractivity contribution in [1.82, 2.24) is 10.2 Å². The van der Waals surface area contributed by atoms with E-state index in [9.17, 15) is 4.79 Å². The van der Waals surface area contributed by atoms with Crippen molar-refractivity contribution in [3.05, 3.63) is 35.4 Å². The summed E-state index contributed by atoms with van der Waals surface area (Å²) in [5, 5.41) is 11.8. The number of rotatable bonds is 5. The molecule has 1 fully saturated rings. The third-order valence-electron chi connectivity index (χ3n) is 3.77. The molecular weight excluding hydrogens is 280 g/mol. The molecule has 5 nitrogen and oxygen atoms in total. The van der Waals surface area contributed by atoms with Gasteiger partial charge in [0.25, 0.3) is 0 Å². The number of carbonyl (C=O) groups is 1. The van der Waals surface area contributed by atoms with E-state index < -0.39 is 6.10 Å². The van der Waals surface area contributed by atoms with Crippen LogP contribution in [0.15, 0.2) is 24.3 Å². The first-order valence-electron chi connectivity index (χ1n) is 7.85. The number of nitrogens with one attached hydrogen (secondary N) is 1. The van der Waals surface area contributed by atoms with Crippen molar-refractivity contribution >= 4 is 5.91 Å². The summed E-state index contributed by atoms with van der Waals surface area (Å²) in [4.78, 5) is 13.7. The van der Waals surface area contributed by atoms with Crippen molar-refractivity contribution in [3.8, 4) is 0 Å². The van der Waals surface area contributed by atoms with E-state index in [0.717, 1.165) is 25.2 Å². The molecule has 1 amide bonds. The maximum Gasteiger partial charge on any atom is 0.248 e. The molecule has 5 heteroatoms. The van der Waals surface area contributed by atoms with Crippen molar-refractivity contribution in [3.63, 3.8) is 0 Å². The number of amides is 1. The van der Waals surface area contributed by atoms with Crippen molar-refractivity contribution in [2.75, 3.05) is 13.1 Å². The fraction of sp³-hybridized carbons (Fsp3) is 0.588. The van der Waals surface area contributed by atoms with Crippen LogP contribution in [0.1, 0.15) is 31.9 Å². The Hall–Kier alpha value is -1.43. The van der Waals surface area contributed by atoms with Gasteiger partial charge < -0.3 is 15.2 Å². The zero-order chi connectivity index (χ0) is 16.1. The van der Waals surface area contributed by atoms with E-state index in [2.05, 4.69) is 36.2 Å². The Morgan fingerprint density at radius 1 is 1.27 bits per heavy atom. The molecule has 0 radical (unpaired) electrons. The van der Waals surface area contributed by atoms with Gasteiger partial charge in [0.15, 0.2) is 0 Å². The Kier molecular flexibility index (Phi) is 5.94. The monoisotopic (exact) mass is 306 g/mol. The van der Waals surface area contributed by atoms with Crippen LogP contribution in [0.25, 0.3) is 0 Å². The van der Waals surface area contributed by atoms with Crippen LogP contribution in [0.4, 0.5) is 0 Å². The van der Waals surface area contributed by atoms with E-state index in [4.69, 9.17) is 9.84 Å². The normalized spacial score (nSPS) is 24.0. The van der Waals surface area contributed by atoms with E-state index >= 15 is 0 Å². The topological polar surface area (TPSA) is 61.8 Å². The Morgan fingerprint density at radius 3 is 2.36 bits per heavy atom. The van der Waals surface area contributed by atoms with Crippen LogP contribution in [0.3, 0.4) is 0 Å². The zero-order valence-corrected chi connectivity index (χ0v) is 13.6. The van der Waals surface area contributed by atoms with Crippen molar-refractivity contribution < 1.29 is 14.6 Å². The summed E-state index contributed by atoms with van der Waals surface area (Å²) >= 11 is 0. The first kappa shape index (κ1) is 16.9. The van der Waals surface area contributed by atoms with Gasteiger partial charge in [0.05, 0.1) is 12.2 Å². The van der Waals surface area contributed by atoms with E-state index in [1.807, 2.05) is 12.1 Å². The molecular formula is C17H26N2O3. The number of aliphatic hydroxyl groups is 1. The summed E-state index contributed by atoms with van der Waals surface area (Å²) in [6, 6.07) is 8.22. The average molecular weight is 306 g/mol. The molecule has 0 aliphatic carbocycles. The number of ether oxygens (including phenoxy) is 1. The Bertz CT molecular complexity index is 477.